The van der Waals surface area contributed by atoms with Crippen LogP contribution in [0.1, 0.15) is 44.1 Å². The Morgan fingerprint density at radius 2 is 1.72 bits per heavy atom. The van der Waals surface area contributed by atoms with Gasteiger partial charge in [-0.2, -0.15) is 0 Å². The average Bonchev–Trinajstić information content (AvgIpc) is 2.83. The molecule has 0 radical (unpaired) electrons. The van der Waals surface area contributed by atoms with Crippen LogP contribution in [0.4, 0.5) is 19.3 Å². The zero-order valence-corrected chi connectivity index (χ0v) is 22.4. The molecule has 4 rings (SSSR count). The van der Waals surface area contributed by atoms with E-state index in [2.05, 4.69) is 4.98 Å². The Kier molecular flexibility index (Phi) is 7.67. The van der Waals surface area contributed by atoms with Gasteiger partial charge in [0.1, 0.15) is 17.2 Å². The van der Waals surface area contributed by atoms with Crippen molar-refractivity contribution in [3.8, 4) is 22.6 Å². The first-order chi connectivity index (χ1) is 18.3. The minimum absolute atomic E-state index is 0.154. The van der Waals surface area contributed by atoms with Gasteiger partial charge < -0.3 is 14.4 Å². The number of aromatic nitrogens is 1. The molecule has 8 nitrogen and oxygen atoms in total. The van der Waals surface area contributed by atoms with Crippen molar-refractivity contribution < 1.29 is 28.0 Å². The number of nitro benzene ring substituents is 1. The lowest BCUT2D eigenvalue weighted by atomic mass is 9.93. The van der Waals surface area contributed by atoms with Crippen LogP contribution in [0.15, 0.2) is 48.5 Å². The number of amides is 1. The Hall–Kier alpha value is -4.34. The highest BCUT2D eigenvalue weighted by Crippen LogP contribution is 2.42. The van der Waals surface area contributed by atoms with E-state index in [0.717, 1.165) is 12.1 Å². The van der Waals surface area contributed by atoms with Crippen LogP contribution in [0.3, 0.4) is 0 Å². The van der Waals surface area contributed by atoms with E-state index < -0.39 is 28.3 Å². The van der Waals surface area contributed by atoms with E-state index in [1.54, 1.807) is 52.8 Å². The molecule has 0 saturated heterocycles. The largest absolute Gasteiger partial charge is 0.454 e. The molecule has 0 spiro atoms. The fourth-order valence-corrected chi connectivity index (χ4v) is 4.36. The Morgan fingerprint density at radius 3 is 2.28 bits per heavy atom. The normalized spacial score (nSPS) is 13.6. The molecule has 0 saturated carbocycles. The van der Waals surface area contributed by atoms with Crippen LogP contribution < -0.4 is 4.74 Å². The number of nitrogens with zero attached hydrogens (tertiary/aromatic N) is 3. The number of benzene rings is 2. The number of aryl methyl sites for hydroxylation is 2. The second-order valence-corrected chi connectivity index (χ2v) is 10.3. The van der Waals surface area contributed by atoms with Crippen molar-refractivity contribution in [2.45, 2.75) is 46.6 Å². The standard InChI is InChI=1S/C29H29F2N3O5/c1-17-12-20(13-18(2)32-17)23-15-25(34(36)37)22(16-27(23)38-26-7-6-21(30)14-24(26)31)19-8-10-33(11-9-19)28(35)39-29(3,4)5/h6-8,12-16H,9-11H2,1-5H3. The molecular formula is C29H29F2N3O5. The lowest BCUT2D eigenvalue weighted by Crippen LogP contribution is -2.39. The van der Waals surface area contributed by atoms with E-state index in [-0.39, 0.29) is 29.3 Å². The van der Waals surface area contributed by atoms with Crippen molar-refractivity contribution in [2.75, 3.05) is 13.1 Å². The maximum absolute atomic E-state index is 14.6. The molecule has 1 aliphatic heterocycles. The van der Waals surface area contributed by atoms with Gasteiger partial charge in [-0.3, -0.25) is 15.1 Å². The van der Waals surface area contributed by atoms with Crippen molar-refractivity contribution in [3.63, 3.8) is 0 Å². The highest BCUT2D eigenvalue weighted by molar-refractivity contribution is 5.83. The van der Waals surface area contributed by atoms with Gasteiger partial charge in [-0.15, -0.1) is 0 Å². The fourth-order valence-electron chi connectivity index (χ4n) is 4.36. The van der Waals surface area contributed by atoms with Gasteiger partial charge in [-0.1, -0.05) is 6.08 Å². The van der Waals surface area contributed by atoms with E-state index in [1.165, 1.54) is 17.0 Å². The predicted octanol–water partition coefficient (Wildman–Crippen LogP) is 7.37. The molecule has 10 heteroatoms. The number of hydrogen-bond acceptors (Lipinski definition) is 6. The fraction of sp³-hybridized carbons (Fsp3) is 0.310. The van der Waals surface area contributed by atoms with E-state index in [9.17, 15) is 23.7 Å². The summed E-state index contributed by atoms with van der Waals surface area (Å²) in [6, 6.07) is 9.32. The third-order valence-corrected chi connectivity index (χ3v) is 6.01. The van der Waals surface area contributed by atoms with Gasteiger partial charge in [0.05, 0.1) is 10.5 Å². The molecule has 39 heavy (non-hydrogen) atoms. The monoisotopic (exact) mass is 537 g/mol. The first-order valence-corrected chi connectivity index (χ1v) is 12.4. The van der Waals surface area contributed by atoms with E-state index in [4.69, 9.17) is 9.47 Å². The minimum atomic E-state index is -0.909. The van der Waals surface area contributed by atoms with Crippen LogP contribution in [-0.4, -0.2) is 39.6 Å². The van der Waals surface area contributed by atoms with Crippen LogP contribution in [0, 0.1) is 35.6 Å². The number of hydrogen-bond donors (Lipinski definition) is 0. The highest BCUT2D eigenvalue weighted by atomic mass is 19.1. The SMILES string of the molecule is Cc1cc(-c2cc([N+](=O)[O-])c(C3=CCN(C(=O)OC(C)(C)C)CC3)cc2Oc2ccc(F)cc2F)cc(C)n1. The van der Waals surface area contributed by atoms with Crippen LogP contribution in [0.5, 0.6) is 11.5 Å². The third kappa shape index (κ3) is 6.57. The second-order valence-electron chi connectivity index (χ2n) is 10.3. The van der Waals surface area contributed by atoms with E-state index >= 15 is 0 Å². The summed E-state index contributed by atoms with van der Waals surface area (Å²) in [7, 11) is 0. The number of rotatable bonds is 5. The molecule has 0 aliphatic carbocycles. The summed E-state index contributed by atoms with van der Waals surface area (Å²) in [6.07, 6.45) is 1.59. The van der Waals surface area contributed by atoms with Crippen LogP contribution >= 0.6 is 0 Å². The molecule has 2 heterocycles. The Morgan fingerprint density at radius 1 is 1.03 bits per heavy atom. The molecule has 2 aromatic carbocycles. The molecule has 0 atom stereocenters. The van der Waals surface area contributed by atoms with Crippen molar-refractivity contribution >= 4 is 17.4 Å². The number of halogens is 2. The predicted molar refractivity (Wildman–Crippen MR) is 143 cm³/mol. The van der Waals surface area contributed by atoms with Crippen LogP contribution in [0.2, 0.25) is 0 Å². The Bertz CT molecular complexity index is 1460. The van der Waals surface area contributed by atoms with Gasteiger partial charge in [-0.05, 0) is 82.5 Å². The van der Waals surface area contributed by atoms with Crippen LogP contribution in [0.25, 0.3) is 16.7 Å². The topological polar surface area (TPSA) is 94.8 Å². The lowest BCUT2D eigenvalue weighted by molar-refractivity contribution is -0.385. The first-order valence-electron chi connectivity index (χ1n) is 12.4. The van der Waals surface area contributed by atoms with Gasteiger partial charge in [0.25, 0.3) is 5.69 Å². The number of pyridine rings is 1. The summed E-state index contributed by atoms with van der Waals surface area (Å²) in [4.78, 5) is 30.1. The van der Waals surface area contributed by atoms with E-state index in [0.29, 0.717) is 47.1 Å². The summed E-state index contributed by atoms with van der Waals surface area (Å²) < 4.78 is 39.4. The smallest absolute Gasteiger partial charge is 0.410 e. The second kappa shape index (κ2) is 10.8. The minimum Gasteiger partial charge on any atom is -0.454 e. The molecule has 1 aliphatic rings. The van der Waals surface area contributed by atoms with E-state index in [1.807, 2.05) is 0 Å². The van der Waals surface area contributed by atoms with Crippen molar-refractivity contribution in [2.24, 2.45) is 0 Å². The van der Waals surface area contributed by atoms with Crippen LogP contribution in [-0.2, 0) is 4.74 Å². The number of carbonyl (C=O) groups is 1. The van der Waals surface area contributed by atoms with Gasteiger partial charge in [-0.25, -0.2) is 13.6 Å². The summed E-state index contributed by atoms with van der Waals surface area (Å²) >= 11 is 0. The summed E-state index contributed by atoms with van der Waals surface area (Å²) in [5.41, 5.74) is 2.44. The Labute approximate surface area is 225 Å². The molecule has 0 unspecified atom stereocenters. The van der Waals surface area contributed by atoms with Gasteiger partial charge >= 0.3 is 6.09 Å². The van der Waals surface area contributed by atoms with Crippen molar-refractivity contribution in [3.05, 3.63) is 87.2 Å². The van der Waals surface area contributed by atoms with Crippen molar-refractivity contribution in [1.29, 1.82) is 0 Å². The lowest BCUT2D eigenvalue weighted by Gasteiger charge is -2.29. The zero-order chi connectivity index (χ0) is 28.5. The molecule has 3 aromatic rings. The molecule has 0 N–H and O–H groups in total. The maximum Gasteiger partial charge on any atom is 0.410 e. The quantitative estimate of drug-likeness (QED) is 0.249. The first kappa shape index (κ1) is 27.7. The summed E-state index contributed by atoms with van der Waals surface area (Å²) in [6.45, 7) is 9.42. The highest BCUT2D eigenvalue weighted by Gasteiger charge is 2.28. The third-order valence-electron chi connectivity index (χ3n) is 6.01. The van der Waals surface area contributed by atoms with Gasteiger partial charge in [0.15, 0.2) is 11.6 Å². The number of ether oxygens (including phenoxy) is 2. The van der Waals surface area contributed by atoms with Crippen molar-refractivity contribution in [1.82, 2.24) is 9.88 Å². The number of nitro groups is 1. The summed E-state index contributed by atoms with van der Waals surface area (Å²) in [5.74, 6) is -1.74. The van der Waals surface area contributed by atoms with Gasteiger partial charge in [0, 0.05) is 42.2 Å². The zero-order valence-electron chi connectivity index (χ0n) is 22.4. The molecular weight excluding hydrogens is 508 g/mol. The van der Waals surface area contributed by atoms with Gasteiger partial charge in [0.2, 0.25) is 0 Å². The molecule has 0 fully saturated rings. The molecule has 0 bridgehead atoms. The molecule has 204 valence electrons. The summed E-state index contributed by atoms with van der Waals surface area (Å²) in [5, 5.41) is 12.2. The average molecular weight is 538 g/mol. The molecule has 1 aromatic heterocycles. The number of carbonyl (C=O) groups excluding carboxylic acids is 1. The molecule has 1 amide bonds. The Balaban J connectivity index is 1.81. The maximum atomic E-state index is 14.6.